The number of ether oxygens (including phenoxy) is 1. The Hall–Kier alpha value is -1.37. The minimum atomic E-state index is -4.55. The molecular weight excluding hydrogens is 249 g/mol. The van der Waals surface area contributed by atoms with Crippen molar-refractivity contribution in [3.05, 3.63) is 17.7 Å². The third kappa shape index (κ3) is 2.40. The molecule has 1 aromatic heterocycles. The molecule has 0 aliphatic carbocycles. The highest BCUT2D eigenvalue weighted by Crippen LogP contribution is 2.34. The molecule has 0 spiro atoms. The average Bonchev–Trinajstić information content (AvgIpc) is 2.74. The zero-order chi connectivity index (χ0) is 13.3. The van der Waals surface area contributed by atoms with Crippen LogP contribution in [0.15, 0.2) is 6.20 Å². The molecule has 4 nitrogen and oxygen atoms in total. The van der Waals surface area contributed by atoms with Crippen molar-refractivity contribution in [3.63, 3.8) is 0 Å². The molecule has 1 aliphatic heterocycles. The number of hydrogen-bond donors (Lipinski definition) is 0. The fourth-order valence-corrected chi connectivity index (χ4v) is 2.14. The molecule has 100 valence electrons. The molecule has 0 amide bonds. The Morgan fingerprint density at radius 2 is 2.06 bits per heavy atom. The lowest BCUT2D eigenvalue weighted by atomic mass is 10.1. The lowest BCUT2D eigenvalue weighted by Crippen LogP contribution is -2.26. The third-order valence-corrected chi connectivity index (χ3v) is 2.97. The zero-order valence-corrected chi connectivity index (χ0v) is 9.83. The molecule has 0 bridgehead atoms. The van der Waals surface area contributed by atoms with Crippen LogP contribution in [0.1, 0.15) is 42.1 Å². The van der Waals surface area contributed by atoms with E-state index in [2.05, 4.69) is 4.98 Å². The Morgan fingerprint density at radius 1 is 1.44 bits per heavy atom. The number of alkyl halides is 3. The molecule has 1 aliphatic rings. The SMILES string of the molecule is CC(=O)c1cnc(C(F)(F)F)n1C1CCOCC1. The number of nitrogens with zero attached hydrogens (tertiary/aromatic N) is 2. The lowest BCUT2D eigenvalue weighted by molar-refractivity contribution is -0.148. The van der Waals surface area contributed by atoms with Crippen molar-refractivity contribution in [1.82, 2.24) is 9.55 Å². The van der Waals surface area contributed by atoms with Crippen LogP contribution in [0.2, 0.25) is 0 Å². The molecule has 1 fully saturated rings. The Labute approximate surface area is 102 Å². The van der Waals surface area contributed by atoms with Gasteiger partial charge >= 0.3 is 6.18 Å². The van der Waals surface area contributed by atoms with E-state index in [0.717, 1.165) is 10.8 Å². The summed E-state index contributed by atoms with van der Waals surface area (Å²) in [5.74, 6) is -1.41. The molecule has 0 N–H and O–H groups in total. The molecular formula is C11H13F3N2O2. The van der Waals surface area contributed by atoms with Gasteiger partial charge in [-0.2, -0.15) is 13.2 Å². The second-order valence-electron chi connectivity index (χ2n) is 4.23. The Bertz CT molecular complexity index is 448. The number of aromatic nitrogens is 2. The van der Waals surface area contributed by atoms with E-state index in [1.54, 1.807) is 0 Å². The number of hydrogen-bond acceptors (Lipinski definition) is 3. The highest BCUT2D eigenvalue weighted by Gasteiger charge is 2.39. The first-order chi connectivity index (χ1) is 8.41. The van der Waals surface area contributed by atoms with E-state index >= 15 is 0 Å². The van der Waals surface area contributed by atoms with Crippen LogP contribution < -0.4 is 0 Å². The summed E-state index contributed by atoms with van der Waals surface area (Å²) in [7, 11) is 0. The van der Waals surface area contributed by atoms with Gasteiger partial charge in [0, 0.05) is 26.2 Å². The third-order valence-electron chi connectivity index (χ3n) is 2.97. The summed E-state index contributed by atoms with van der Waals surface area (Å²) in [5, 5.41) is 0. The highest BCUT2D eigenvalue weighted by molar-refractivity contribution is 5.92. The molecule has 0 aromatic carbocycles. The van der Waals surface area contributed by atoms with Gasteiger partial charge in [0.15, 0.2) is 5.78 Å². The highest BCUT2D eigenvalue weighted by atomic mass is 19.4. The summed E-state index contributed by atoms with van der Waals surface area (Å²) < 4.78 is 44.7. The molecule has 0 radical (unpaired) electrons. The quantitative estimate of drug-likeness (QED) is 0.769. The summed E-state index contributed by atoms with van der Waals surface area (Å²) in [5.41, 5.74) is 0.00854. The predicted molar refractivity (Wildman–Crippen MR) is 56.3 cm³/mol. The summed E-state index contributed by atoms with van der Waals surface area (Å²) in [6, 6.07) is -0.378. The first kappa shape index (κ1) is 13.1. The van der Waals surface area contributed by atoms with Crippen molar-refractivity contribution >= 4 is 5.78 Å². The molecule has 18 heavy (non-hydrogen) atoms. The van der Waals surface area contributed by atoms with Crippen LogP contribution in [-0.4, -0.2) is 28.5 Å². The van der Waals surface area contributed by atoms with Crippen molar-refractivity contribution in [2.24, 2.45) is 0 Å². The van der Waals surface area contributed by atoms with Gasteiger partial charge in [-0.15, -0.1) is 0 Å². The Balaban J connectivity index is 2.46. The van der Waals surface area contributed by atoms with Crippen LogP contribution in [0.5, 0.6) is 0 Å². The van der Waals surface area contributed by atoms with Crippen LogP contribution in [0.25, 0.3) is 0 Å². The number of imidazole rings is 1. The standard InChI is InChI=1S/C11H13F3N2O2/c1-7(17)9-6-15-10(11(12,13)14)16(9)8-2-4-18-5-3-8/h6,8H,2-5H2,1H3. The van der Waals surface area contributed by atoms with Crippen molar-refractivity contribution in [2.75, 3.05) is 13.2 Å². The Kier molecular flexibility index (Phi) is 3.43. The summed E-state index contributed by atoms with van der Waals surface area (Å²) in [4.78, 5) is 14.7. The van der Waals surface area contributed by atoms with E-state index in [-0.39, 0.29) is 11.7 Å². The molecule has 0 atom stereocenters. The number of ketones is 1. The average molecular weight is 262 g/mol. The van der Waals surface area contributed by atoms with E-state index in [0.29, 0.717) is 26.1 Å². The van der Waals surface area contributed by atoms with Gasteiger partial charge in [-0.25, -0.2) is 4.98 Å². The first-order valence-electron chi connectivity index (χ1n) is 5.64. The maximum atomic E-state index is 12.9. The van der Waals surface area contributed by atoms with Gasteiger partial charge in [0.05, 0.1) is 6.20 Å². The largest absolute Gasteiger partial charge is 0.449 e. The summed E-state index contributed by atoms with van der Waals surface area (Å²) in [6.45, 7) is 2.04. The number of rotatable bonds is 2. The predicted octanol–water partition coefficient (Wildman–Crippen LogP) is 2.46. The van der Waals surface area contributed by atoms with Gasteiger partial charge in [0.25, 0.3) is 0 Å². The van der Waals surface area contributed by atoms with Crippen LogP contribution in [-0.2, 0) is 10.9 Å². The smallest absolute Gasteiger partial charge is 0.381 e. The molecule has 0 unspecified atom stereocenters. The number of halogens is 3. The van der Waals surface area contributed by atoms with Crippen molar-refractivity contribution in [3.8, 4) is 0 Å². The van der Waals surface area contributed by atoms with Crippen molar-refractivity contribution < 1.29 is 22.7 Å². The minimum Gasteiger partial charge on any atom is -0.381 e. The van der Waals surface area contributed by atoms with Crippen LogP contribution in [0.3, 0.4) is 0 Å². The first-order valence-corrected chi connectivity index (χ1v) is 5.64. The fourth-order valence-electron chi connectivity index (χ4n) is 2.14. The normalized spacial score (nSPS) is 18.0. The summed E-state index contributed by atoms with van der Waals surface area (Å²) in [6.07, 6.45) is -2.63. The molecule has 1 saturated heterocycles. The van der Waals surface area contributed by atoms with E-state index in [9.17, 15) is 18.0 Å². The fraction of sp³-hybridized carbons (Fsp3) is 0.636. The van der Waals surface area contributed by atoms with Crippen LogP contribution in [0.4, 0.5) is 13.2 Å². The minimum absolute atomic E-state index is 0.00854. The maximum Gasteiger partial charge on any atom is 0.449 e. The van der Waals surface area contributed by atoms with Gasteiger partial charge in [-0.1, -0.05) is 0 Å². The van der Waals surface area contributed by atoms with E-state index < -0.39 is 17.8 Å². The molecule has 7 heteroatoms. The van der Waals surface area contributed by atoms with Crippen molar-refractivity contribution in [2.45, 2.75) is 32.0 Å². The van der Waals surface area contributed by atoms with Gasteiger partial charge in [-0.3, -0.25) is 4.79 Å². The topological polar surface area (TPSA) is 44.1 Å². The zero-order valence-electron chi connectivity index (χ0n) is 9.83. The van der Waals surface area contributed by atoms with Gasteiger partial charge in [0.2, 0.25) is 5.82 Å². The van der Waals surface area contributed by atoms with E-state index in [4.69, 9.17) is 4.74 Å². The maximum absolute atomic E-state index is 12.9. The molecule has 1 aromatic rings. The summed E-state index contributed by atoms with van der Waals surface area (Å²) >= 11 is 0. The molecule has 2 heterocycles. The van der Waals surface area contributed by atoms with Gasteiger partial charge in [0.1, 0.15) is 5.69 Å². The number of Topliss-reactive ketones (excluding diaryl/α,β-unsaturated/α-hetero) is 1. The van der Waals surface area contributed by atoms with Crippen LogP contribution in [0, 0.1) is 0 Å². The monoisotopic (exact) mass is 262 g/mol. The lowest BCUT2D eigenvalue weighted by Gasteiger charge is -2.26. The van der Waals surface area contributed by atoms with Gasteiger partial charge in [-0.05, 0) is 12.8 Å². The van der Waals surface area contributed by atoms with Gasteiger partial charge < -0.3 is 9.30 Å². The Morgan fingerprint density at radius 3 is 2.56 bits per heavy atom. The number of carbonyl (C=O) groups is 1. The van der Waals surface area contributed by atoms with E-state index in [1.165, 1.54) is 6.92 Å². The molecule has 0 saturated carbocycles. The van der Waals surface area contributed by atoms with Crippen LogP contribution >= 0.6 is 0 Å². The molecule has 2 rings (SSSR count). The second-order valence-corrected chi connectivity index (χ2v) is 4.23. The second kappa shape index (κ2) is 4.72. The van der Waals surface area contributed by atoms with E-state index in [1.807, 2.05) is 0 Å². The number of carbonyl (C=O) groups excluding carboxylic acids is 1. The van der Waals surface area contributed by atoms with Crippen molar-refractivity contribution in [1.29, 1.82) is 0 Å².